The summed E-state index contributed by atoms with van der Waals surface area (Å²) in [5.41, 5.74) is 1.62. The van der Waals surface area contributed by atoms with Crippen LogP contribution in [0.4, 0.5) is 5.69 Å². The summed E-state index contributed by atoms with van der Waals surface area (Å²) in [7, 11) is 0. The lowest BCUT2D eigenvalue weighted by Gasteiger charge is -1.99. The van der Waals surface area contributed by atoms with Crippen molar-refractivity contribution < 1.29 is 4.79 Å². The minimum atomic E-state index is 0.510. The van der Waals surface area contributed by atoms with Crippen LogP contribution in [0.25, 0.3) is 0 Å². The van der Waals surface area contributed by atoms with Crippen LogP contribution in [0.5, 0.6) is 0 Å². The predicted octanol–water partition coefficient (Wildman–Crippen LogP) is 2.41. The van der Waals surface area contributed by atoms with Crippen molar-refractivity contribution in [1.82, 2.24) is 4.57 Å². The molecule has 1 heterocycles. The topological polar surface area (TPSA) is 31.4 Å². The van der Waals surface area contributed by atoms with Crippen LogP contribution in [0, 0.1) is 12.3 Å². The van der Waals surface area contributed by atoms with E-state index in [9.17, 15) is 0 Å². The summed E-state index contributed by atoms with van der Waals surface area (Å²) in [6, 6.07) is 13.3. The lowest BCUT2D eigenvalue weighted by atomic mass is 10.3. The number of nitrogens with zero attached hydrogens (tertiary/aromatic N) is 3. The highest BCUT2D eigenvalue weighted by atomic mass is 15.0. The van der Waals surface area contributed by atoms with Crippen molar-refractivity contribution in [3.8, 4) is 12.3 Å². The Bertz CT molecular complexity index is 581. The molecule has 2 rings (SSSR count). The van der Waals surface area contributed by atoms with Crippen LogP contribution in [0.3, 0.4) is 0 Å². The molecule has 0 bridgehead atoms. The van der Waals surface area contributed by atoms with Gasteiger partial charge in [-0.15, -0.1) is 12.5 Å². The van der Waals surface area contributed by atoms with E-state index in [-0.39, 0.29) is 0 Å². The molecule has 2 aromatic rings. The Kier molecular flexibility index (Phi) is 3.54. The number of aromatic nitrogens is 1. The first-order valence-corrected chi connectivity index (χ1v) is 5.20. The molecule has 0 N–H and O–H groups in total. The van der Waals surface area contributed by atoms with Gasteiger partial charge in [-0.25, -0.2) is 0 Å². The molecule has 1 aromatic heterocycles. The monoisotopic (exact) mass is 221 g/mol. The zero-order valence-corrected chi connectivity index (χ0v) is 9.24. The number of benzene rings is 1. The molecule has 0 fully saturated rings. The summed E-state index contributed by atoms with van der Waals surface area (Å²) in [5, 5.41) is 4.03. The Labute approximate surface area is 100 Å². The molecule has 0 atom stereocenters. The van der Waals surface area contributed by atoms with Gasteiger partial charge in [0.1, 0.15) is 10.8 Å². The van der Waals surface area contributed by atoms with Crippen LogP contribution < -0.4 is 0 Å². The Morgan fingerprint density at radius 1 is 1.24 bits per heavy atom. The lowest BCUT2D eigenvalue weighted by molar-refractivity contribution is -0.0692. The zero-order chi connectivity index (χ0) is 11.9. The molecule has 1 aromatic carbocycles. The fourth-order valence-electron chi connectivity index (χ4n) is 1.38. The predicted molar refractivity (Wildman–Crippen MR) is 66.2 cm³/mol. The molecule has 17 heavy (non-hydrogen) atoms. The second kappa shape index (κ2) is 5.50. The summed E-state index contributed by atoms with van der Waals surface area (Å²) in [6.07, 6.45) is 10.00. The first-order chi connectivity index (χ1) is 8.40. The van der Waals surface area contributed by atoms with Gasteiger partial charge >= 0.3 is 0 Å². The summed E-state index contributed by atoms with van der Waals surface area (Å²) < 4.78 is 1.88. The van der Waals surface area contributed by atoms with E-state index < -0.39 is 0 Å². The molecule has 0 aliphatic rings. The van der Waals surface area contributed by atoms with Crippen molar-refractivity contribution in [1.29, 1.82) is 0 Å². The maximum Gasteiger partial charge on any atom is 0.256 e. The van der Waals surface area contributed by atoms with Gasteiger partial charge < -0.3 is 4.57 Å². The van der Waals surface area contributed by atoms with Gasteiger partial charge in [0.25, 0.3) is 6.21 Å². The summed E-state index contributed by atoms with van der Waals surface area (Å²) in [6.45, 7) is 0.510. The Morgan fingerprint density at radius 2 is 2.06 bits per heavy atom. The average molecular weight is 221 g/mol. The highest BCUT2D eigenvalue weighted by molar-refractivity contribution is 5.72. The van der Waals surface area contributed by atoms with Crippen LogP contribution in [0.2, 0.25) is 0 Å². The molecular formula is C14H11N3. The third kappa shape index (κ3) is 2.94. The molecule has 0 unspecified atom stereocenters. The molecule has 82 valence electrons. The largest absolute Gasteiger partial charge is 0.366 e. The minimum Gasteiger partial charge on any atom is -0.366 e. The van der Waals surface area contributed by atoms with Gasteiger partial charge in [0.05, 0.1) is 6.54 Å². The molecule has 0 saturated carbocycles. The fourth-order valence-corrected chi connectivity index (χ4v) is 1.38. The number of hydrogen-bond acceptors (Lipinski definition) is 1. The Balaban J connectivity index is 2.18. The molecule has 0 aliphatic carbocycles. The summed E-state index contributed by atoms with van der Waals surface area (Å²) in [4.78, 5) is 3.91. The molecule has 0 aliphatic heterocycles. The van der Waals surface area contributed by atoms with Crippen molar-refractivity contribution in [2.24, 2.45) is 5.11 Å². The number of rotatable bonds is 3. The van der Waals surface area contributed by atoms with E-state index in [1.165, 1.54) is 0 Å². The van der Waals surface area contributed by atoms with Crippen LogP contribution in [0.1, 0.15) is 5.69 Å². The van der Waals surface area contributed by atoms with E-state index in [0.29, 0.717) is 6.54 Å². The third-order valence-corrected chi connectivity index (χ3v) is 2.18. The number of hydrogen-bond donors (Lipinski definition) is 0. The van der Waals surface area contributed by atoms with Gasteiger partial charge in [-0.3, -0.25) is 0 Å². The van der Waals surface area contributed by atoms with E-state index in [2.05, 4.69) is 22.0 Å². The lowest BCUT2D eigenvalue weighted by Crippen LogP contribution is -1.99. The van der Waals surface area contributed by atoms with E-state index in [0.717, 1.165) is 11.4 Å². The Hall–Kier alpha value is -2.56. The van der Waals surface area contributed by atoms with Gasteiger partial charge in [-0.05, 0) is 28.8 Å². The van der Waals surface area contributed by atoms with Gasteiger partial charge in [0, 0.05) is 0 Å². The third-order valence-electron chi connectivity index (χ3n) is 2.18. The molecule has 0 radical (unpaired) electrons. The summed E-state index contributed by atoms with van der Waals surface area (Å²) >= 11 is 0. The normalized spacial score (nSPS) is 9.12. The SMILES string of the molecule is C#CCn1cccc1[C-]=[N+]=Nc1ccccc1. The van der Waals surface area contributed by atoms with Crippen LogP contribution >= 0.6 is 0 Å². The van der Waals surface area contributed by atoms with E-state index in [1.54, 1.807) is 0 Å². The molecule has 3 heteroatoms. The average Bonchev–Trinajstić information content (AvgIpc) is 2.79. The highest BCUT2D eigenvalue weighted by Crippen LogP contribution is 2.07. The highest BCUT2D eigenvalue weighted by Gasteiger charge is 1.93. The number of terminal acetylenes is 1. The van der Waals surface area contributed by atoms with Crippen LogP contribution in [0.15, 0.2) is 53.8 Å². The molecule has 0 amide bonds. The van der Waals surface area contributed by atoms with E-state index >= 15 is 0 Å². The molecule has 3 nitrogen and oxygen atoms in total. The van der Waals surface area contributed by atoms with Gasteiger partial charge in [0.2, 0.25) is 0 Å². The first kappa shape index (κ1) is 10.9. The summed E-state index contributed by atoms with van der Waals surface area (Å²) in [5.74, 6) is 2.57. The van der Waals surface area contributed by atoms with Crippen molar-refractivity contribution in [3.05, 3.63) is 54.4 Å². The standard InChI is InChI=1S/C14H11N3/c1-2-10-17-11-6-9-14(17)12-15-16-13-7-4-3-5-8-13/h1,3-9,11H,10H2. The van der Waals surface area contributed by atoms with Gasteiger partial charge in [0.15, 0.2) is 0 Å². The van der Waals surface area contributed by atoms with Gasteiger partial charge in [-0.1, -0.05) is 24.1 Å². The molecule has 0 spiro atoms. The van der Waals surface area contributed by atoms with E-state index in [4.69, 9.17) is 6.42 Å². The van der Waals surface area contributed by atoms with Gasteiger partial charge in [-0.2, -0.15) is 6.07 Å². The first-order valence-electron chi connectivity index (χ1n) is 5.20. The van der Waals surface area contributed by atoms with E-state index in [1.807, 2.05) is 53.2 Å². The molecule has 0 saturated heterocycles. The van der Waals surface area contributed by atoms with Crippen molar-refractivity contribution in [2.45, 2.75) is 6.54 Å². The van der Waals surface area contributed by atoms with Crippen molar-refractivity contribution in [2.75, 3.05) is 0 Å². The minimum absolute atomic E-state index is 0.510. The smallest absolute Gasteiger partial charge is 0.256 e. The van der Waals surface area contributed by atoms with Crippen LogP contribution in [-0.4, -0.2) is 15.6 Å². The fraction of sp³-hybridized carbons (Fsp3) is 0.0714. The van der Waals surface area contributed by atoms with Crippen molar-refractivity contribution >= 4 is 11.9 Å². The second-order valence-corrected chi connectivity index (χ2v) is 3.37. The maximum absolute atomic E-state index is 5.26. The second-order valence-electron chi connectivity index (χ2n) is 3.37. The quantitative estimate of drug-likeness (QED) is 0.250. The van der Waals surface area contributed by atoms with Crippen molar-refractivity contribution in [3.63, 3.8) is 0 Å². The van der Waals surface area contributed by atoms with Crippen LogP contribution in [-0.2, 0) is 6.54 Å². The zero-order valence-electron chi connectivity index (χ0n) is 9.24. The Morgan fingerprint density at radius 3 is 2.82 bits per heavy atom. The molecular weight excluding hydrogens is 210 g/mol. The maximum atomic E-state index is 5.26.